The Kier molecular flexibility index (Phi) is 5.13. The van der Waals surface area contributed by atoms with E-state index in [-0.39, 0.29) is 6.10 Å². The van der Waals surface area contributed by atoms with E-state index in [1.54, 1.807) is 0 Å². The summed E-state index contributed by atoms with van der Waals surface area (Å²) in [6, 6.07) is 16.4. The van der Waals surface area contributed by atoms with Crippen LogP contribution < -0.4 is 10.5 Å². The lowest BCUT2D eigenvalue weighted by Crippen LogP contribution is -2.51. The summed E-state index contributed by atoms with van der Waals surface area (Å²) in [5, 5.41) is 0. The molecule has 3 heteroatoms. The summed E-state index contributed by atoms with van der Waals surface area (Å²) >= 11 is 0. The van der Waals surface area contributed by atoms with Gasteiger partial charge in [0, 0.05) is 12.6 Å². The molecule has 29 heavy (non-hydrogen) atoms. The predicted molar refractivity (Wildman–Crippen MR) is 118 cm³/mol. The van der Waals surface area contributed by atoms with Crippen molar-refractivity contribution in [3.05, 3.63) is 64.7 Å². The predicted octanol–water partition coefficient (Wildman–Crippen LogP) is 4.98. The second-order valence-corrected chi connectivity index (χ2v) is 9.60. The normalized spacial score (nSPS) is 31.9. The van der Waals surface area contributed by atoms with E-state index in [9.17, 15) is 0 Å². The van der Waals surface area contributed by atoms with Crippen LogP contribution in [0.15, 0.2) is 42.5 Å². The van der Waals surface area contributed by atoms with Gasteiger partial charge in [-0.3, -0.25) is 4.90 Å². The summed E-state index contributed by atoms with van der Waals surface area (Å²) in [5.74, 6) is 2.53. The average Bonchev–Trinajstić information content (AvgIpc) is 3.46. The Hall–Kier alpha value is -1.84. The van der Waals surface area contributed by atoms with Gasteiger partial charge >= 0.3 is 0 Å². The molecular formula is C26H34N2O. The molecule has 2 fully saturated rings. The molecule has 4 unspecified atom stereocenters. The van der Waals surface area contributed by atoms with E-state index in [1.807, 2.05) is 0 Å². The number of piperidine rings is 1. The summed E-state index contributed by atoms with van der Waals surface area (Å²) in [7, 11) is 0. The maximum absolute atomic E-state index is 6.94. The number of rotatable bonds is 4. The lowest BCUT2D eigenvalue weighted by atomic mass is 9.84. The highest BCUT2D eigenvalue weighted by Gasteiger charge is 2.39. The van der Waals surface area contributed by atoms with E-state index in [0.717, 1.165) is 44.0 Å². The Morgan fingerprint density at radius 3 is 2.69 bits per heavy atom. The molecule has 2 N–H and O–H groups in total. The summed E-state index contributed by atoms with van der Waals surface area (Å²) < 4.78 is 6.94. The van der Waals surface area contributed by atoms with Crippen molar-refractivity contribution in [2.75, 3.05) is 13.1 Å². The Balaban J connectivity index is 1.50. The van der Waals surface area contributed by atoms with E-state index in [1.165, 1.54) is 35.1 Å². The molecule has 2 aromatic rings. The molecule has 0 aromatic heterocycles. The van der Waals surface area contributed by atoms with Crippen LogP contribution in [0.2, 0.25) is 0 Å². The number of ether oxygens (including phenoxy) is 1. The number of nitrogens with zero attached hydrogens (tertiary/aromatic N) is 1. The summed E-state index contributed by atoms with van der Waals surface area (Å²) in [6.07, 6.45) is 5.99. The van der Waals surface area contributed by atoms with E-state index in [2.05, 4.69) is 61.2 Å². The second kappa shape index (κ2) is 7.77. The van der Waals surface area contributed by atoms with Gasteiger partial charge < -0.3 is 10.5 Å². The summed E-state index contributed by atoms with van der Waals surface area (Å²) in [6.45, 7) is 6.67. The van der Waals surface area contributed by atoms with Gasteiger partial charge in [0.2, 0.25) is 0 Å². The molecule has 1 saturated heterocycles. The zero-order chi connectivity index (χ0) is 20.0. The van der Waals surface area contributed by atoms with Crippen molar-refractivity contribution in [1.82, 2.24) is 4.90 Å². The van der Waals surface area contributed by atoms with Gasteiger partial charge in [-0.2, -0.15) is 0 Å². The number of fused-ring (bicyclic) bond motifs is 1. The first-order chi connectivity index (χ1) is 14.1. The molecule has 0 radical (unpaired) electrons. The van der Waals surface area contributed by atoms with Crippen LogP contribution in [0, 0.1) is 12.8 Å². The standard InChI is InChI=1S/C26H34N2O/c1-17-9-12-25(23(14-17)22-15-18(22)2)29-26-21-8-4-3-6-19(21)10-11-24(26)28-13-5-7-20(27)16-28/h3-4,6,8-9,12,14,18,20,22,24,26H,5,7,10-11,13,15-16,27H2,1-2H3/t18?,20?,22?,24?,26-/m0/s1. The third-order valence-corrected chi connectivity index (χ3v) is 7.31. The monoisotopic (exact) mass is 390 g/mol. The lowest BCUT2D eigenvalue weighted by molar-refractivity contribution is 0.0362. The minimum atomic E-state index is 0.0840. The fourth-order valence-corrected chi connectivity index (χ4v) is 5.52. The Labute approximate surface area is 175 Å². The summed E-state index contributed by atoms with van der Waals surface area (Å²) in [4.78, 5) is 2.61. The zero-order valence-corrected chi connectivity index (χ0v) is 17.8. The first-order valence-corrected chi connectivity index (χ1v) is 11.4. The van der Waals surface area contributed by atoms with Gasteiger partial charge in [0.25, 0.3) is 0 Å². The number of likely N-dealkylation sites (tertiary alicyclic amines) is 1. The van der Waals surface area contributed by atoms with Gasteiger partial charge in [0.15, 0.2) is 0 Å². The van der Waals surface area contributed by atoms with Crippen LogP contribution in [-0.2, 0) is 6.42 Å². The van der Waals surface area contributed by atoms with Gasteiger partial charge in [-0.1, -0.05) is 48.9 Å². The summed E-state index contributed by atoms with van der Waals surface area (Å²) in [5.41, 5.74) is 11.9. The molecule has 1 saturated carbocycles. The van der Waals surface area contributed by atoms with Gasteiger partial charge in [-0.05, 0) is 80.2 Å². The topological polar surface area (TPSA) is 38.5 Å². The number of aryl methyl sites for hydroxylation is 2. The van der Waals surface area contributed by atoms with E-state index in [4.69, 9.17) is 10.5 Å². The highest BCUT2D eigenvalue weighted by Crippen LogP contribution is 2.51. The first kappa shape index (κ1) is 19.1. The second-order valence-electron chi connectivity index (χ2n) is 9.60. The molecule has 0 bridgehead atoms. The van der Waals surface area contributed by atoms with Crippen molar-refractivity contribution < 1.29 is 4.74 Å². The molecule has 0 spiro atoms. The maximum Gasteiger partial charge on any atom is 0.139 e. The zero-order valence-electron chi connectivity index (χ0n) is 17.8. The van der Waals surface area contributed by atoms with Crippen molar-refractivity contribution in [3.63, 3.8) is 0 Å². The third-order valence-electron chi connectivity index (χ3n) is 7.31. The van der Waals surface area contributed by atoms with Crippen LogP contribution in [0.3, 0.4) is 0 Å². The van der Waals surface area contributed by atoms with Crippen molar-refractivity contribution in [3.8, 4) is 5.75 Å². The largest absolute Gasteiger partial charge is 0.484 e. The van der Waals surface area contributed by atoms with Crippen molar-refractivity contribution in [1.29, 1.82) is 0 Å². The lowest BCUT2D eigenvalue weighted by Gasteiger charge is -2.43. The molecule has 3 nitrogen and oxygen atoms in total. The number of hydrogen-bond acceptors (Lipinski definition) is 3. The highest BCUT2D eigenvalue weighted by molar-refractivity contribution is 5.43. The maximum atomic E-state index is 6.94. The molecule has 1 heterocycles. The Morgan fingerprint density at radius 1 is 1.07 bits per heavy atom. The van der Waals surface area contributed by atoms with Crippen molar-refractivity contribution in [2.45, 2.75) is 70.1 Å². The molecule has 2 aromatic carbocycles. The molecule has 2 aliphatic carbocycles. The molecule has 0 amide bonds. The van der Waals surface area contributed by atoms with Crippen LogP contribution >= 0.6 is 0 Å². The van der Waals surface area contributed by atoms with Gasteiger partial charge in [-0.25, -0.2) is 0 Å². The van der Waals surface area contributed by atoms with Crippen molar-refractivity contribution in [2.24, 2.45) is 11.7 Å². The minimum Gasteiger partial charge on any atom is -0.484 e. The molecule has 5 atom stereocenters. The van der Waals surface area contributed by atoms with Crippen molar-refractivity contribution >= 4 is 0 Å². The fourth-order valence-electron chi connectivity index (χ4n) is 5.52. The smallest absolute Gasteiger partial charge is 0.139 e. The Bertz CT molecular complexity index is 879. The number of nitrogens with two attached hydrogens (primary N) is 1. The van der Waals surface area contributed by atoms with Gasteiger partial charge in [0.05, 0.1) is 6.04 Å². The number of benzene rings is 2. The Morgan fingerprint density at radius 2 is 1.90 bits per heavy atom. The van der Waals surface area contributed by atoms with Crippen LogP contribution in [0.1, 0.15) is 66.9 Å². The molecular weight excluding hydrogens is 356 g/mol. The SMILES string of the molecule is Cc1ccc(O[C@H]2c3ccccc3CCC2N2CCCC(N)C2)c(C2CC2C)c1. The van der Waals surface area contributed by atoms with Gasteiger partial charge in [0.1, 0.15) is 11.9 Å². The molecule has 154 valence electrons. The van der Waals surface area contributed by atoms with E-state index >= 15 is 0 Å². The minimum absolute atomic E-state index is 0.0840. The average molecular weight is 391 g/mol. The quantitative estimate of drug-likeness (QED) is 0.800. The third kappa shape index (κ3) is 3.83. The molecule has 3 aliphatic rings. The molecule has 1 aliphatic heterocycles. The fraction of sp³-hybridized carbons (Fsp3) is 0.538. The van der Waals surface area contributed by atoms with Crippen LogP contribution in [0.4, 0.5) is 0 Å². The van der Waals surface area contributed by atoms with Crippen LogP contribution in [0.25, 0.3) is 0 Å². The highest BCUT2D eigenvalue weighted by atomic mass is 16.5. The van der Waals surface area contributed by atoms with E-state index in [0.29, 0.717) is 18.0 Å². The first-order valence-electron chi connectivity index (χ1n) is 11.4. The van der Waals surface area contributed by atoms with Gasteiger partial charge in [-0.15, -0.1) is 0 Å². The van der Waals surface area contributed by atoms with Crippen LogP contribution in [0.5, 0.6) is 5.75 Å². The number of hydrogen-bond donors (Lipinski definition) is 1. The molecule has 5 rings (SSSR count). The van der Waals surface area contributed by atoms with E-state index < -0.39 is 0 Å². The van der Waals surface area contributed by atoms with Crippen LogP contribution in [-0.4, -0.2) is 30.1 Å².